The van der Waals surface area contributed by atoms with Gasteiger partial charge in [-0.15, -0.1) is 0 Å². The Hall–Kier alpha value is -2.61. The lowest BCUT2D eigenvalue weighted by Crippen LogP contribution is -2.51. The van der Waals surface area contributed by atoms with Gasteiger partial charge in [-0.25, -0.2) is 12.8 Å². The Morgan fingerprint density at radius 1 is 1.16 bits per heavy atom. The highest BCUT2D eigenvalue weighted by molar-refractivity contribution is 7.91. The van der Waals surface area contributed by atoms with Crippen LogP contribution in [0.5, 0.6) is 5.75 Å². The van der Waals surface area contributed by atoms with Crippen molar-refractivity contribution in [1.29, 1.82) is 0 Å². The van der Waals surface area contributed by atoms with Crippen LogP contribution in [0.3, 0.4) is 0 Å². The molecule has 0 saturated carbocycles. The summed E-state index contributed by atoms with van der Waals surface area (Å²) in [6.07, 6.45) is 1.39. The molecule has 0 radical (unpaired) electrons. The number of para-hydroxylation sites is 2. The maximum atomic E-state index is 13.1. The Kier molecular flexibility index (Phi) is 7.54. The predicted molar refractivity (Wildman–Crippen MR) is 119 cm³/mol. The van der Waals surface area contributed by atoms with Gasteiger partial charge in [0.25, 0.3) is 5.91 Å². The predicted octanol–water partition coefficient (Wildman–Crippen LogP) is 3.56. The third kappa shape index (κ3) is 5.76. The van der Waals surface area contributed by atoms with E-state index in [1.165, 1.54) is 12.1 Å². The normalized spacial score (nSPS) is 16.0. The monoisotopic (exact) mass is 448 g/mol. The fourth-order valence-corrected chi connectivity index (χ4v) is 4.94. The van der Waals surface area contributed by atoms with Gasteiger partial charge in [-0.3, -0.25) is 4.79 Å². The number of sulfone groups is 1. The van der Waals surface area contributed by atoms with E-state index < -0.39 is 21.8 Å². The molecule has 6 nitrogen and oxygen atoms in total. The largest absolute Gasteiger partial charge is 0.477 e. The van der Waals surface area contributed by atoms with Crippen LogP contribution in [0.1, 0.15) is 33.1 Å². The number of nitrogens with one attached hydrogen (secondary N) is 1. The van der Waals surface area contributed by atoms with Crippen molar-refractivity contribution in [2.24, 2.45) is 0 Å². The van der Waals surface area contributed by atoms with Crippen molar-refractivity contribution in [3.63, 3.8) is 0 Å². The van der Waals surface area contributed by atoms with E-state index in [1.807, 2.05) is 43.0 Å². The van der Waals surface area contributed by atoms with E-state index in [0.717, 1.165) is 30.7 Å². The minimum Gasteiger partial charge on any atom is -0.477 e. The van der Waals surface area contributed by atoms with E-state index in [-0.39, 0.29) is 22.6 Å². The molecule has 1 amide bonds. The highest BCUT2D eigenvalue weighted by Crippen LogP contribution is 2.33. The molecule has 168 valence electrons. The quantitative estimate of drug-likeness (QED) is 0.594. The topological polar surface area (TPSA) is 75.7 Å². The second-order valence-electron chi connectivity index (χ2n) is 7.67. The number of amides is 1. The lowest BCUT2D eigenvalue weighted by molar-refractivity contribution is -0.128. The van der Waals surface area contributed by atoms with Crippen LogP contribution in [0.15, 0.2) is 53.4 Å². The number of carbonyl (C=O) groups is 1. The minimum absolute atomic E-state index is 0.0667. The van der Waals surface area contributed by atoms with Crippen molar-refractivity contribution in [2.45, 2.75) is 50.2 Å². The van der Waals surface area contributed by atoms with Crippen molar-refractivity contribution >= 4 is 21.4 Å². The van der Waals surface area contributed by atoms with Crippen molar-refractivity contribution < 1.29 is 22.3 Å². The molecule has 31 heavy (non-hydrogen) atoms. The van der Waals surface area contributed by atoms with Crippen LogP contribution in [-0.2, 0) is 14.6 Å². The van der Waals surface area contributed by atoms with Crippen LogP contribution in [0.2, 0.25) is 0 Å². The Balaban J connectivity index is 1.68. The average molecular weight is 449 g/mol. The summed E-state index contributed by atoms with van der Waals surface area (Å²) >= 11 is 0. The Morgan fingerprint density at radius 3 is 2.52 bits per heavy atom. The fraction of sp³-hybridized carbons (Fsp3) is 0.435. The van der Waals surface area contributed by atoms with Crippen LogP contribution in [0.25, 0.3) is 0 Å². The molecule has 3 rings (SSSR count). The van der Waals surface area contributed by atoms with Gasteiger partial charge in [0, 0.05) is 12.6 Å². The van der Waals surface area contributed by atoms with Gasteiger partial charge in [-0.2, -0.15) is 0 Å². The smallest absolute Gasteiger partial charge is 0.263 e. The molecular weight excluding hydrogens is 419 g/mol. The number of carbonyl (C=O) groups excluding carboxylic acids is 1. The SMILES string of the molecule is CCC(CC)NC(=O)C1CN(CCCS(=O)(=O)c2ccc(F)cc2)c2ccccc2O1. The first-order valence-corrected chi connectivity index (χ1v) is 12.3. The molecule has 1 aliphatic rings. The maximum absolute atomic E-state index is 13.1. The number of anilines is 1. The van der Waals surface area contributed by atoms with Gasteiger partial charge in [0.2, 0.25) is 0 Å². The van der Waals surface area contributed by atoms with E-state index in [4.69, 9.17) is 4.74 Å². The zero-order valence-corrected chi connectivity index (χ0v) is 18.7. The summed E-state index contributed by atoms with van der Waals surface area (Å²) in [5.41, 5.74) is 0.841. The summed E-state index contributed by atoms with van der Waals surface area (Å²) < 4.78 is 44.1. The zero-order chi connectivity index (χ0) is 22.4. The summed E-state index contributed by atoms with van der Waals surface area (Å²) in [6.45, 7) is 4.85. The highest BCUT2D eigenvalue weighted by Gasteiger charge is 2.31. The van der Waals surface area contributed by atoms with E-state index in [0.29, 0.717) is 25.3 Å². The molecule has 2 aromatic rings. The lowest BCUT2D eigenvalue weighted by Gasteiger charge is -2.36. The first-order valence-electron chi connectivity index (χ1n) is 10.6. The average Bonchev–Trinajstić information content (AvgIpc) is 2.77. The molecular formula is C23H29FN2O4S. The standard InChI is InChI=1S/C23H29FN2O4S/c1-3-18(4-2)25-23(27)22-16-26(20-8-5-6-9-21(20)30-22)14-7-15-31(28,29)19-12-10-17(24)11-13-19/h5-6,8-13,18,22H,3-4,7,14-16H2,1-2H3,(H,25,27). The van der Waals surface area contributed by atoms with Crippen LogP contribution in [-0.4, -0.2) is 45.3 Å². The summed E-state index contributed by atoms with van der Waals surface area (Å²) in [5.74, 6) is -0.0866. The van der Waals surface area contributed by atoms with Gasteiger partial charge in [0.1, 0.15) is 11.6 Å². The summed E-state index contributed by atoms with van der Waals surface area (Å²) in [7, 11) is -3.51. The number of ether oxygens (including phenoxy) is 1. The highest BCUT2D eigenvalue weighted by atomic mass is 32.2. The number of hydrogen-bond donors (Lipinski definition) is 1. The molecule has 0 saturated heterocycles. The molecule has 0 fully saturated rings. The van der Waals surface area contributed by atoms with Gasteiger partial charge in [-0.1, -0.05) is 26.0 Å². The first-order chi connectivity index (χ1) is 14.8. The van der Waals surface area contributed by atoms with Crippen LogP contribution >= 0.6 is 0 Å². The Labute approximate surface area is 183 Å². The van der Waals surface area contributed by atoms with Crippen molar-refractivity contribution in [2.75, 3.05) is 23.7 Å². The minimum atomic E-state index is -3.51. The molecule has 0 aliphatic carbocycles. The molecule has 1 N–H and O–H groups in total. The third-order valence-electron chi connectivity index (χ3n) is 5.50. The molecule has 2 aromatic carbocycles. The van der Waals surface area contributed by atoms with Crippen LogP contribution in [0.4, 0.5) is 10.1 Å². The van der Waals surface area contributed by atoms with Crippen molar-refractivity contribution in [1.82, 2.24) is 5.32 Å². The molecule has 0 bridgehead atoms. The zero-order valence-electron chi connectivity index (χ0n) is 17.9. The number of halogens is 1. The van der Waals surface area contributed by atoms with E-state index in [2.05, 4.69) is 5.32 Å². The van der Waals surface area contributed by atoms with Gasteiger partial charge < -0.3 is 15.0 Å². The summed E-state index contributed by atoms with van der Waals surface area (Å²) in [6, 6.07) is 12.4. The molecule has 8 heteroatoms. The Morgan fingerprint density at radius 2 is 1.84 bits per heavy atom. The van der Waals surface area contributed by atoms with Crippen molar-refractivity contribution in [3.05, 3.63) is 54.3 Å². The first kappa shape index (κ1) is 23.1. The van der Waals surface area contributed by atoms with Gasteiger partial charge in [0.15, 0.2) is 15.9 Å². The third-order valence-corrected chi connectivity index (χ3v) is 7.32. The lowest BCUT2D eigenvalue weighted by atomic mass is 10.1. The van der Waals surface area contributed by atoms with Gasteiger partial charge in [-0.05, 0) is 55.7 Å². The van der Waals surface area contributed by atoms with Crippen molar-refractivity contribution in [3.8, 4) is 5.75 Å². The van der Waals surface area contributed by atoms with E-state index in [9.17, 15) is 17.6 Å². The van der Waals surface area contributed by atoms with Crippen LogP contribution in [0, 0.1) is 5.82 Å². The maximum Gasteiger partial charge on any atom is 0.263 e. The molecule has 0 aromatic heterocycles. The number of fused-ring (bicyclic) bond motifs is 1. The number of nitrogens with zero attached hydrogens (tertiary/aromatic N) is 1. The fourth-order valence-electron chi connectivity index (χ4n) is 3.65. The van der Waals surface area contributed by atoms with E-state index >= 15 is 0 Å². The Bertz CT molecular complexity index is 991. The molecule has 0 spiro atoms. The van der Waals surface area contributed by atoms with E-state index in [1.54, 1.807) is 0 Å². The number of rotatable bonds is 9. The molecule has 1 heterocycles. The number of hydrogen-bond acceptors (Lipinski definition) is 5. The van der Waals surface area contributed by atoms with Crippen LogP contribution < -0.4 is 15.0 Å². The van der Waals surface area contributed by atoms with Gasteiger partial charge in [0.05, 0.1) is 22.9 Å². The second kappa shape index (κ2) is 10.1. The molecule has 1 atom stereocenters. The summed E-state index contributed by atoms with van der Waals surface area (Å²) in [4.78, 5) is 14.8. The number of benzene rings is 2. The molecule has 1 unspecified atom stereocenters. The molecule has 1 aliphatic heterocycles. The second-order valence-corrected chi connectivity index (χ2v) is 9.78. The van der Waals surface area contributed by atoms with Gasteiger partial charge >= 0.3 is 0 Å². The summed E-state index contributed by atoms with van der Waals surface area (Å²) in [5, 5.41) is 3.03.